The highest BCUT2D eigenvalue weighted by atomic mass is 35.5. The third kappa shape index (κ3) is 5.26. The molecule has 0 aromatic heterocycles. The summed E-state index contributed by atoms with van der Waals surface area (Å²) < 4.78 is 17.1. The maximum Gasteiger partial charge on any atom is 0.217 e. The van der Waals surface area contributed by atoms with Gasteiger partial charge >= 0.3 is 0 Å². The van der Waals surface area contributed by atoms with Crippen molar-refractivity contribution in [2.45, 2.75) is 69.4 Å². The van der Waals surface area contributed by atoms with E-state index in [9.17, 15) is 44.7 Å². The van der Waals surface area contributed by atoms with Gasteiger partial charge in [-0.05, 0) is 13.0 Å². The molecule has 1 amide bonds. The molecule has 3 aliphatic rings. The van der Waals surface area contributed by atoms with Crippen molar-refractivity contribution >= 4 is 35.7 Å². The van der Waals surface area contributed by atoms with Crippen molar-refractivity contribution < 1.29 is 58.9 Å². The SMILES string of the molecule is COc1cccc2c1C(=O)c1c(O)c3c(c(O)c1C2=O)C[C@@](O)(C(=O)CO)C[C@@H]3O[C@H]1C[C@H](NC(C)=O)[C@H](O)[C@H](C)O1.Cl. The van der Waals surface area contributed by atoms with Crippen molar-refractivity contribution in [3.8, 4) is 17.2 Å². The summed E-state index contributed by atoms with van der Waals surface area (Å²) in [5.41, 5.74) is -3.84. The number of halogens is 1. The van der Waals surface area contributed by atoms with E-state index < -0.39 is 102 Å². The fraction of sp³-hybridized carbons (Fsp3) is 0.448. The van der Waals surface area contributed by atoms with Gasteiger partial charge in [-0.25, -0.2) is 0 Å². The largest absolute Gasteiger partial charge is 0.507 e. The fourth-order valence-electron chi connectivity index (χ4n) is 6.12. The van der Waals surface area contributed by atoms with Gasteiger partial charge in [0.25, 0.3) is 0 Å². The molecule has 1 saturated heterocycles. The Morgan fingerprint density at radius 2 is 1.79 bits per heavy atom. The summed E-state index contributed by atoms with van der Waals surface area (Å²) in [7, 11) is 1.31. The number of rotatable bonds is 6. The number of nitrogens with one attached hydrogen (secondary N) is 1. The molecule has 43 heavy (non-hydrogen) atoms. The monoisotopic (exact) mass is 621 g/mol. The highest BCUT2D eigenvalue weighted by Gasteiger charge is 2.50. The molecule has 14 heteroatoms. The minimum absolute atomic E-state index is 0. The van der Waals surface area contributed by atoms with E-state index in [1.807, 2.05) is 0 Å². The van der Waals surface area contributed by atoms with Gasteiger partial charge in [0, 0.05) is 42.9 Å². The average molecular weight is 622 g/mol. The molecule has 2 aromatic rings. The number of hydrogen-bond donors (Lipinski definition) is 6. The number of phenols is 2. The van der Waals surface area contributed by atoms with E-state index >= 15 is 0 Å². The number of fused-ring (bicyclic) bond motifs is 3. The van der Waals surface area contributed by atoms with Crippen LogP contribution in [-0.2, 0) is 25.5 Å². The summed E-state index contributed by atoms with van der Waals surface area (Å²) >= 11 is 0. The zero-order valence-electron chi connectivity index (χ0n) is 23.4. The Morgan fingerprint density at radius 3 is 2.42 bits per heavy atom. The average Bonchev–Trinajstić information content (AvgIpc) is 2.94. The molecule has 232 valence electrons. The molecule has 1 aliphatic heterocycles. The smallest absolute Gasteiger partial charge is 0.217 e. The first-order valence-corrected chi connectivity index (χ1v) is 13.3. The molecule has 1 heterocycles. The van der Waals surface area contributed by atoms with Gasteiger partial charge in [-0.2, -0.15) is 0 Å². The van der Waals surface area contributed by atoms with E-state index in [2.05, 4.69) is 5.32 Å². The number of benzene rings is 2. The molecule has 0 radical (unpaired) electrons. The van der Waals surface area contributed by atoms with Crippen LogP contribution in [0.3, 0.4) is 0 Å². The molecule has 6 atom stereocenters. The molecule has 0 unspecified atom stereocenters. The van der Waals surface area contributed by atoms with E-state index in [0.29, 0.717) is 0 Å². The van der Waals surface area contributed by atoms with Gasteiger partial charge in [-0.3, -0.25) is 19.2 Å². The van der Waals surface area contributed by atoms with Crippen LogP contribution in [0, 0.1) is 0 Å². The quantitative estimate of drug-likeness (QED) is 0.209. The van der Waals surface area contributed by atoms with Gasteiger partial charge in [0.1, 0.15) is 35.6 Å². The highest BCUT2D eigenvalue weighted by molar-refractivity contribution is 6.31. The van der Waals surface area contributed by atoms with Crippen LogP contribution < -0.4 is 10.1 Å². The van der Waals surface area contributed by atoms with Crippen molar-refractivity contribution in [3.05, 3.63) is 51.6 Å². The van der Waals surface area contributed by atoms with Gasteiger partial charge in [-0.1, -0.05) is 12.1 Å². The van der Waals surface area contributed by atoms with Crippen LogP contribution >= 0.6 is 12.4 Å². The summed E-state index contributed by atoms with van der Waals surface area (Å²) in [5, 5.41) is 57.0. The molecule has 5 rings (SSSR count). The second-order valence-corrected chi connectivity index (χ2v) is 10.8. The Hall–Kier alpha value is -3.59. The maximum absolute atomic E-state index is 13.7. The Balaban J connectivity index is 0.00000423. The number of ether oxygens (including phenoxy) is 3. The van der Waals surface area contributed by atoms with Crippen LogP contribution in [0.4, 0.5) is 0 Å². The zero-order valence-corrected chi connectivity index (χ0v) is 24.3. The number of phenolic OH excluding ortho intramolecular Hbond substituents is 2. The van der Waals surface area contributed by atoms with Crippen LogP contribution in [0.5, 0.6) is 17.2 Å². The van der Waals surface area contributed by atoms with Crippen molar-refractivity contribution in [3.63, 3.8) is 0 Å². The predicted octanol–water partition coefficient (Wildman–Crippen LogP) is 0.600. The molecule has 1 fully saturated rings. The van der Waals surface area contributed by atoms with Crippen molar-refractivity contribution in [2.75, 3.05) is 13.7 Å². The summed E-state index contributed by atoms with van der Waals surface area (Å²) in [4.78, 5) is 51.7. The number of aliphatic hydroxyl groups is 3. The van der Waals surface area contributed by atoms with Crippen molar-refractivity contribution in [1.29, 1.82) is 0 Å². The third-order valence-corrected chi connectivity index (χ3v) is 8.15. The van der Waals surface area contributed by atoms with Gasteiger partial charge < -0.3 is 45.1 Å². The number of aromatic hydroxyl groups is 2. The molecule has 2 aliphatic carbocycles. The lowest BCUT2D eigenvalue weighted by atomic mass is 9.72. The lowest BCUT2D eigenvalue weighted by Crippen LogP contribution is -2.55. The first kappa shape index (κ1) is 32.3. The Morgan fingerprint density at radius 1 is 1.12 bits per heavy atom. The third-order valence-electron chi connectivity index (χ3n) is 8.15. The summed E-state index contributed by atoms with van der Waals surface area (Å²) in [5.74, 6) is -4.34. The maximum atomic E-state index is 13.7. The molecule has 2 aromatic carbocycles. The van der Waals surface area contributed by atoms with Gasteiger partial charge in [0.15, 0.2) is 17.9 Å². The number of carbonyl (C=O) groups is 4. The minimum atomic E-state index is -2.29. The number of aliphatic hydroxyl groups excluding tert-OH is 2. The second-order valence-electron chi connectivity index (χ2n) is 10.8. The van der Waals surface area contributed by atoms with E-state index in [-0.39, 0.29) is 46.8 Å². The van der Waals surface area contributed by atoms with E-state index in [4.69, 9.17) is 14.2 Å². The van der Waals surface area contributed by atoms with Crippen LogP contribution in [0.2, 0.25) is 0 Å². The van der Waals surface area contributed by atoms with Crippen molar-refractivity contribution in [1.82, 2.24) is 5.32 Å². The van der Waals surface area contributed by atoms with Crippen LogP contribution in [0.1, 0.15) is 75.8 Å². The Bertz CT molecular complexity index is 1510. The summed E-state index contributed by atoms with van der Waals surface area (Å²) in [6.07, 6.45) is -5.65. The molecular weight excluding hydrogens is 590 g/mol. The normalized spacial score (nSPS) is 27.7. The van der Waals surface area contributed by atoms with E-state index in [1.54, 1.807) is 6.92 Å². The summed E-state index contributed by atoms with van der Waals surface area (Å²) in [6, 6.07) is 3.54. The lowest BCUT2D eigenvalue weighted by Gasteiger charge is -2.42. The number of methoxy groups -OCH3 is 1. The summed E-state index contributed by atoms with van der Waals surface area (Å²) in [6.45, 7) is 1.77. The molecule has 0 saturated carbocycles. The number of amides is 1. The Kier molecular flexibility index (Phi) is 8.89. The minimum Gasteiger partial charge on any atom is -0.507 e. The Labute approximate surface area is 251 Å². The number of carbonyl (C=O) groups excluding carboxylic acids is 4. The lowest BCUT2D eigenvalue weighted by molar-refractivity contribution is -0.249. The van der Waals surface area contributed by atoms with E-state index in [1.165, 1.54) is 32.2 Å². The molecule has 6 N–H and O–H groups in total. The zero-order chi connectivity index (χ0) is 30.7. The van der Waals surface area contributed by atoms with Gasteiger partial charge in [-0.15, -0.1) is 12.4 Å². The fourth-order valence-corrected chi connectivity index (χ4v) is 6.12. The molecule has 0 bridgehead atoms. The van der Waals surface area contributed by atoms with Crippen LogP contribution in [0.25, 0.3) is 0 Å². The van der Waals surface area contributed by atoms with Crippen molar-refractivity contribution in [2.24, 2.45) is 0 Å². The first-order chi connectivity index (χ1) is 19.8. The van der Waals surface area contributed by atoms with Crippen LogP contribution in [0.15, 0.2) is 18.2 Å². The standard InChI is InChI=1S/C29H31NO12.ClH/c1-11-24(34)15(30-12(2)32)7-19(41-11)42-17-9-29(39,18(33)10-31)8-14-21(17)28(38)23-22(26(14)36)25(35)13-5-4-6-16(40-3)20(13)27(23)37;/h4-6,11,15,17,19,24,31,34,36,38-39H,7-10H2,1-3H3,(H,30,32);1H/t11-,15-,17-,19-,24+,29-;/m0./s1. The number of Topliss-reactive ketones (excluding diaryl/α,β-unsaturated/α-hetero) is 1. The second kappa shape index (κ2) is 11.8. The topological polar surface area (TPSA) is 209 Å². The predicted molar refractivity (Wildman–Crippen MR) is 149 cm³/mol. The first-order valence-electron chi connectivity index (χ1n) is 13.3. The van der Waals surface area contributed by atoms with Crippen LogP contribution in [-0.4, -0.2) is 92.6 Å². The highest BCUT2D eigenvalue weighted by Crippen LogP contribution is 2.52. The van der Waals surface area contributed by atoms with E-state index in [0.717, 1.165) is 0 Å². The van der Waals surface area contributed by atoms with Gasteiger partial charge in [0.05, 0.1) is 42.0 Å². The molecule has 13 nitrogen and oxygen atoms in total. The number of hydrogen-bond acceptors (Lipinski definition) is 12. The molecule has 0 spiro atoms. The molecular formula is C29H32ClNO12. The number of ketones is 3. The van der Waals surface area contributed by atoms with Gasteiger partial charge in [0.2, 0.25) is 11.7 Å².